The van der Waals surface area contributed by atoms with Gasteiger partial charge in [0.05, 0.1) is 32.0 Å². The van der Waals surface area contributed by atoms with Gasteiger partial charge in [-0.25, -0.2) is 0 Å². The lowest BCUT2D eigenvalue weighted by molar-refractivity contribution is -0.359. The summed E-state index contributed by atoms with van der Waals surface area (Å²) in [5.74, 6) is -0.253. The number of hydrogen-bond donors (Lipinski definition) is 9. The second-order valence-electron chi connectivity index (χ2n) is 20.8. The predicted octanol–water partition coefficient (Wildman–Crippen LogP) is 9.44. The highest BCUT2D eigenvalue weighted by atomic mass is 16.7. The van der Waals surface area contributed by atoms with Crippen molar-refractivity contribution in [2.45, 2.75) is 306 Å². The smallest absolute Gasteiger partial charge is 0.220 e. The van der Waals surface area contributed by atoms with E-state index >= 15 is 0 Å². The molecule has 2 aliphatic heterocycles. The van der Waals surface area contributed by atoms with Crippen molar-refractivity contribution in [3.8, 4) is 0 Å². The van der Waals surface area contributed by atoms with Crippen molar-refractivity contribution in [3.63, 3.8) is 0 Å². The number of hydrogen-bond acceptors (Lipinski definition) is 13. The fourth-order valence-corrected chi connectivity index (χ4v) is 9.54. The molecule has 0 saturated carbocycles. The molecule has 2 fully saturated rings. The summed E-state index contributed by atoms with van der Waals surface area (Å²) in [6, 6.07) is -0.933. The van der Waals surface area contributed by atoms with E-state index in [1.165, 1.54) is 161 Å². The number of aliphatic hydroxyl groups is 8. The molecule has 0 radical (unpaired) electrons. The summed E-state index contributed by atoms with van der Waals surface area (Å²) in [5.41, 5.74) is 0. The van der Waals surface area contributed by atoms with E-state index in [-0.39, 0.29) is 18.9 Å². The highest BCUT2D eigenvalue weighted by Crippen LogP contribution is 2.30. The molecule has 0 aromatic carbocycles. The minimum Gasteiger partial charge on any atom is -0.394 e. The molecule has 9 N–H and O–H groups in total. The SMILES string of the molecule is CCCCCCCC/C=C\CCCCCCCCCC(=O)NC(COC1OC(CO)C(OC2OC(CO)C(O)C(O)C2O)C(O)C1O)C(O)/C=C/CC/C=C/CCCCCCCCCCCCCCCCC. The molecule has 14 heteroatoms. The van der Waals surface area contributed by atoms with Crippen LogP contribution in [0, 0.1) is 0 Å². The summed E-state index contributed by atoms with van der Waals surface area (Å²) in [4.78, 5) is 13.2. The van der Waals surface area contributed by atoms with E-state index in [1.807, 2.05) is 6.08 Å². The lowest BCUT2D eigenvalue weighted by Gasteiger charge is -2.46. The molecule has 12 atom stereocenters. The van der Waals surface area contributed by atoms with Crippen LogP contribution in [0.1, 0.15) is 232 Å². The van der Waals surface area contributed by atoms with Gasteiger partial charge >= 0.3 is 0 Å². The van der Waals surface area contributed by atoms with Gasteiger partial charge < -0.3 is 65.1 Å². The van der Waals surface area contributed by atoms with Crippen molar-refractivity contribution in [2.75, 3.05) is 19.8 Å². The molecule has 0 aromatic heterocycles. The second-order valence-corrected chi connectivity index (χ2v) is 20.8. The van der Waals surface area contributed by atoms with Crippen LogP contribution in [0.4, 0.5) is 0 Å². The van der Waals surface area contributed by atoms with Gasteiger partial charge in [0.1, 0.15) is 48.8 Å². The van der Waals surface area contributed by atoms with Crippen molar-refractivity contribution in [2.24, 2.45) is 0 Å². The van der Waals surface area contributed by atoms with E-state index in [1.54, 1.807) is 6.08 Å². The molecule has 0 spiro atoms. The van der Waals surface area contributed by atoms with E-state index in [4.69, 9.17) is 18.9 Å². The number of carbonyl (C=O) groups excluding carboxylic acids is 1. The van der Waals surface area contributed by atoms with Crippen molar-refractivity contribution < 1.29 is 64.6 Å². The van der Waals surface area contributed by atoms with Crippen molar-refractivity contribution in [3.05, 3.63) is 36.5 Å². The third-order valence-corrected chi connectivity index (χ3v) is 14.3. The van der Waals surface area contributed by atoms with Gasteiger partial charge in [0, 0.05) is 6.42 Å². The molecule has 0 aliphatic carbocycles. The van der Waals surface area contributed by atoms with E-state index < -0.39 is 86.8 Å². The van der Waals surface area contributed by atoms with Crippen molar-refractivity contribution in [1.82, 2.24) is 5.32 Å². The van der Waals surface area contributed by atoms with Crippen LogP contribution >= 0.6 is 0 Å². The average molecular weight is 1030 g/mol. The summed E-state index contributed by atoms with van der Waals surface area (Å²) in [5, 5.41) is 87.0. The van der Waals surface area contributed by atoms with Crippen LogP contribution in [0.25, 0.3) is 0 Å². The van der Waals surface area contributed by atoms with Gasteiger partial charge in [0.25, 0.3) is 0 Å². The Kier molecular flexibility index (Phi) is 40.9. The first-order chi connectivity index (χ1) is 35.1. The maximum absolute atomic E-state index is 13.2. The number of aliphatic hydroxyl groups excluding tert-OH is 8. The molecule has 2 saturated heterocycles. The van der Waals surface area contributed by atoms with Gasteiger partial charge in [-0.15, -0.1) is 0 Å². The number of carbonyl (C=O) groups is 1. The van der Waals surface area contributed by atoms with Gasteiger partial charge in [0.15, 0.2) is 12.6 Å². The molecule has 2 heterocycles. The first kappa shape index (κ1) is 66.3. The Morgan fingerprint density at radius 1 is 0.486 bits per heavy atom. The molecular weight excluding hydrogens is 919 g/mol. The highest BCUT2D eigenvalue weighted by Gasteiger charge is 2.51. The number of nitrogens with one attached hydrogen (secondary N) is 1. The number of unbranched alkanes of at least 4 members (excludes halogenated alkanes) is 29. The Morgan fingerprint density at radius 3 is 1.36 bits per heavy atom. The largest absolute Gasteiger partial charge is 0.394 e. The number of allylic oxidation sites excluding steroid dienone is 5. The van der Waals surface area contributed by atoms with Crippen molar-refractivity contribution >= 4 is 5.91 Å². The normalized spacial score (nSPS) is 25.8. The molecule has 2 aliphatic rings. The average Bonchev–Trinajstić information content (AvgIpc) is 3.38. The third-order valence-electron chi connectivity index (χ3n) is 14.3. The standard InChI is InChI=1S/C58H107NO13/c1-3-5-7-9-11-13-15-17-19-21-22-23-24-26-27-29-31-33-35-37-39-41-47(62)46(59-50(63)42-40-38-36-34-32-30-28-25-20-18-16-14-12-10-8-6-4-2)45-69-57-55(68)53(66)56(49(44-61)71-57)72-58-54(67)52(65)51(64)48(43-60)70-58/h18,20,31,33,39,41,46-49,51-58,60-62,64-68H,3-17,19,21-30,32,34-38,40,42-45H2,1-2H3,(H,59,63)/b20-18-,33-31+,41-39+. The number of amides is 1. The Hall–Kier alpha value is -1.79. The lowest BCUT2D eigenvalue weighted by atomic mass is 9.97. The number of ether oxygens (including phenoxy) is 4. The highest BCUT2D eigenvalue weighted by molar-refractivity contribution is 5.76. The first-order valence-electron chi connectivity index (χ1n) is 29.2. The molecule has 1 amide bonds. The molecule has 12 unspecified atom stereocenters. The third kappa shape index (κ3) is 30.1. The van der Waals surface area contributed by atoms with E-state index in [9.17, 15) is 45.6 Å². The summed E-state index contributed by atoms with van der Waals surface area (Å²) < 4.78 is 22.7. The van der Waals surface area contributed by atoms with Crippen molar-refractivity contribution in [1.29, 1.82) is 0 Å². The number of rotatable bonds is 46. The topological polar surface area (TPSA) is 228 Å². The Morgan fingerprint density at radius 2 is 0.889 bits per heavy atom. The fourth-order valence-electron chi connectivity index (χ4n) is 9.54. The predicted molar refractivity (Wildman–Crippen MR) is 286 cm³/mol. The Bertz CT molecular complexity index is 1350. The van der Waals surface area contributed by atoms with Gasteiger partial charge in [-0.1, -0.05) is 204 Å². The summed E-state index contributed by atoms with van der Waals surface area (Å²) in [7, 11) is 0. The van der Waals surface area contributed by atoms with Crippen LogP contribution in [-0.2, 0) is 23.7 Å². The zero-order valence-corrected chi connectivity index (χ0v) is 45.2. The van der Waals surface area contributed by atoms with Crippen LogP contribution in [0.2, 0.25) is 0 Å². The van der Waals surface area contributed by atoms with Crippen LogP contribution in [0.3, 0.4) is 0 Å². The molecule has 14 nitrogen and oxygen atoms in total. The summed E-state index contributed by atoms with van der Waals surface area (Å²) >= 11 is 0. The Balaban J connectivity index is 1.80. The zero-order chi connectivity index (χ0) is 52.4. The van der Waals surface area contributed by atoms with E-state index in [2.05, 4.69) is 43.5 Å². The fraction of sp³-hybridized carbons (Fsp3) is 0.879. The molecule has 0 aromatic rings. The summed E-state index contributed by atoms with van der Waals surface area (Å²) in [6.45, 7) is 2.78. The van der Waals surface area contributed by atoms with Gasteiger partial charge in [-0.3, -0.25) is 4.79 Å². The molecule has 2 rings (SSSR count). The molecule has 72 heavy (non-hydrogen) atoms. The zero-order valence-electron chi connectivity index (χ0n) is 45.2. The summed E-state index contributed by atoms with van der Waals surface area (Å²) in [6.07, 6.45) is 36.1. The minimum atomic E-state index is -1.79. The first-order valence-corrected chi connectivity index (χ1v) is 29.2. The molecular formula is C58H107NO13. The maximum atomic E-state index is 13.2. The van der Waals surface area contributed by atoms with E-state index in [0.29, 0.717) is 12.8 Å². The lowest BCUT2D eigenvalue weighted by Crippen LogP contribution is -2.65. The van der Waals surface area contributed by atoms with Gasteiger partial charge in [0.2, 0.25) is 5.91 Å². The molecule has 0 bridgehead atoms. The van der Waals surface area contributed by atoms with Crippen LogP contribution in [-0.4, -0.2) is 140 Å². The molecule has 422 valence electrons. The van der Waals surface area contributed by atoms with Crippen LogP contribution in [0.15, 0.2) is 36.5 Å². The van der Waals surface area contributed by atoms with Gasteiger partial charge in [-0.2, -0.15) is 0 Å². The second kappa shape index (κ2) is 44.3. The van der Waals surface area contributed by atoms with Gasteiger partial charge in [-0.05, 0) is 57.8 Å². The van der Waals surface area contributed by atoms with E-state index in [0.717, 1.165) is 38.5 Å². The maximum Gasteiger partial charge on any atom is 0.220 e. The minimum absolute atomic E-state index is 0.253. The van der Waals surface area contributed by atoms with Crippen LogP contribution in [0.5, 0.6) is 0 Å². The Labute approximate surface area is 436 Å². The quantitative estimate of drug-likeness (QED) is 0.0205. The van der Waals surface area contributed by atoms with Crippen LogP contribution < -0.4 is 5.32 Å². The monoisotopic (exact) mass is 1030 g/mol.